The molecular formula is C13H14N2OS. The maximum atomic E-state index is 8.82. The van der Waals surface area contributed by atoms with E-state index >= 15 is 0 Å². The third kappa shape index (κ3) is 2.76. The third-order valence-corrected chi connectivity index (χ3v) is 3.42. The van der Waals surface area contributed by atoms with Crippen LogP contribution >= 0.6 is 11.3 Å². The van der Waals surface area contributed by atoms with E-state index in [0.29, 0.717) is 12.6 Å². The summed E-state index contributed by atoms with van der Waals surface area (Å²) < 4.78 is 5.47. The van der Waals surface area contributed by atoms with Crippen LogP contribution in [0, 0.1) is 11.3 Å². The second-order valence-corrected chi connectivity index (χ2v) is 5.15. The first-order valence-corrected chi connectivity index (χ1v) is 6.32. The first-order valence-electron chi connectivity index (χ1n) is 5.50. The van der Waals surface area contributed by atoms with E-state index in [9.17, 15) is 0 Å². The van der Waals surface area contributed by atoms with Crippen molar-refractivity contribution in [2.75, 3.05) is 0 Å². The zero-order valence-electron chi connectivity index (χ0n) is 9.86. The molecule has 1 N–H and O–H groups in total. The van der Waals surface area contributed by atoms with Gasteiger partial charge >= 0.3 is 0 Å². The first kappa shape index (κ1) is 11.9. The zero-order chi connectivity index (χ0) is 12.3. The Kier molecular flexibility index (Phi) is 3.62. The number of nitriles is 1. The van der Waals surface area contributed by atoms with Gasteiger partial charge in [0, 0.05) is 16.5 Å². The number of nitrogens with zero attached hydrogens (tertiary/aromatic N) is 1. The highest BCUT2D eigenvalue weighted by molar-refractivity contribution is 7.16. The topological polar surface area (TPSA) is 49.0 Å². The lowest BCUT2D eigenvalue weighted by Gasteiger charge is -2.06. The van der Waals surface area contributed by atoms with Crippen LogP contribution in [0.1, 0.15) is 24.5 Å². The van der Waals surface area contributed by atoms with E-state index in [4.69, 9.17) is 9.68 Å². The fraction of sp³-hybridized carbons (Fsp3) is 0.308. The van der Waals surface area contributed by atoms with Crippen molar-refractivity contribution in [2.24, 2.45) is 0 Å². The smallest absolute Gasteiger partial charge is 0.126 e. The molecule has 2 aromatic heterocycles. The van der Waals surface area contributed by atoms with Crippen LogP contribution in [0.15, 0.2) is 28.9 Å². The van der Waals surface area contributed by atoms with Crippen LogP contribution in [0.2, 0.25) is 0 Å². The molecule has 0 aliphatic carbocycles. The first-order chi connectivity index (χ1) is 8.20. The molecule has 0 aliphatic rings. The van der Waals surface area contributed by atoms with E-state index in [0.717, 1.165) is 21.1 Å². The van der Waals surface area contributed by atoms with Crippen molar-refractivity contribution in [1.82, 2.24) is 5.32 Å². The van der Waals surface area contributed by atoms with E-state index in [1.54, 1.807) is 6.26 Å². The molecule has 4 heteroatoms. The molecule has 0 spiro atoms. The number of hydrogen-bond donors (Lipinski definition) is 1. The molecule has 88 valence electrons. The Labute approximate surface area is 105 Å². The van der Waals surface area contributed by atoms with Crippen LogP contribution in [-0.2, 0) is 6.54 Å². The molecule has 17 heavy (non-hydrogen) atoms. The number of nitrogens with one attached hydrogen (secondary N) is 1. The summed E-state index contributed by atoms with van der Waals surface area (Å²) in [4.78, 5) is 1.81. The van der Waals surface area contributed by atoms with Crippen molar-refractivity contribution >= 4 is 11.3 Å². The third-order valence-electron chi connectivity index (χ3n) is 2.40. The molecule has 0 bridgehead atoms. The lowest BCUT2D eigenvalue weighted by molar-refractivity contribution is 0.466. The Bertz CT molecular complexity index is 534. The fourth-order valence-corrected chi connectivity index (χ4v) is 2.38. The van der Waals surface area contributed by atoms with E-state index in [1.807, 2.05) is 18.2 Å². The molecule has 0 amide bonds. The van der Waals surface area contributed by atoms with Crippen molar-refractivity contribution in [3.05, 3.63) is 35.1 Å². The van der Waals surface area contributed by atoms with Crippen LogP contribution in [-0.4, -0.2) is 6.04 Å². The Morgan fingerprint density at radius 2 is 2.24 bits per heavy atom. The van der Waals surface area contributed by atoms with Crippen LogP contribution in [0.4, 0.5) is 0 Å². The van der Waals surface area contributed by atoms with Gasteiger partial charge in [0.25, 0.3) is 0 Å². The van der Waals surface area contributed by atoms with Gasteiger partial charge in [-0.25, -0.2) is 0 Å². The van der Waals surface area contributed by atoms with Crippen LogP contribution in [0.5, 0.6) is 0 Å². The van der Waals surface area contributed by atoms with Gasteiger partial charge in [-0.05, 0) is 18.2 Å². The molecule has 3 nitrogen and oxygen atoms in total. The fourth-order valence-electron chi connectivity index (χ4n) is 1.54. The predicted octanol–water partition coefficient (Wildman–Crippen LogP) is 3.38. The lowest BCUT2D eigenvalue weighted by atomic mass is 10.2. The van der Waals surface area contributed by atoms with Gasteiger partial charge in [0.15, 0.2) is 0 Å². The number of rotatable bonds is 4. The van der Waals surface area contributed by atoms with E-state index in [-0.39, 0.29) is 0 Å². The lowest BCUT2D eigenvalue weighted by Crippen LogP contribution is -2.21. The molecule has 0 saturated carbocycles. The highest BCUT2D eigenvalue weighted by Gasteiger charge is 2.11. The molecule has 0 saturated heterocycles. The molecule has 0 atom stereocenters. The normalized spacial score (nSPS) is 10.7. The molecule has 2 aromatic rings. The zero-order valence-corrected chi connectivity index (χ0v) is 10.7. The molecule has 0 fully saturated rings. The maximum absolute atomic E-state index is 8.82. The maximum Gasteiger partial charge on any atom is 0.126 e. The quantitative estimate of drug-likeness (QED) is 0.899. The highest BCUT2D eigenvalue weighted by atomic mass is 32.1. The summed E-state index contributed by atoms with van der Waals surface area (Å²) in [6.45, 7) is 4.91. The predicted molar refractivity (Wildman–Crippen MR) is 68.7 cm³/mol. The molecular weight excluding hydrogens is 232 g/mol. The van der Waals surface area contributed by atoms with E-state index in [2.05, 4.69) is 25.2 Å². The van der Waals surface area contributed by atoms with Crippen molar-refractivity contribution in [3.8, 4) is 16.5 Å². The molecule has 0 radical (unpaired) electrons. The molecule has 0 aromatic carbocycles. The number of furan rings is 1. The van der Waals surface area contributed by atoms with Gasteiger partial charge in [-0.1, -0.05) is 13.8 Å². The summed E-state index contributed by atoms with van der Waals surface area (Å²) in [6, 6.07) is 8.33. The minimum Gasteiger partial charge on any atom is -0.467 e. The molecule has 2 heterocycles. The van der Waals surface area contributed by atoms with Gasteiger partial charge in [-0.15, -0.1) is 11.3 Å². The second-order valence-electron chi connectivity index (χ2n) is 4.07. The Balaban J connectivity index is 2.21. The van der Waals surface area contributed by atoms with Crippen LogP contribution in [0.3, 0.4) is 0 Å². The van der Waals surface area contributed by atoms with Crippen molar-refractivity contribution < 1.29 is 4.42 Å². The summed E-state index contributed by atoms with van der Waals surface area (Å²) in [5, 5.41) is 12.1. The van der Waals surface area contributed by atoms with E-state index in [1.165, 1.54) is 11.3 Å². The highest BCUT2D eigenvalue weighted by Crippen LogP contribution is 2.31. The number of thiophene rings is 1. The Morgan fingerprint density at radius 1 is 1.41 bits per heavy atom. The van der Waals surface area contributed by atoms with Gasteiger partial charge in [-0.2, -0.15) is 5.26 Å². The average Bonchev–Trinajstić information content (AvgIpc) is 2.94. The largest absolute Gasteiger partial charge is 0.467 e. The second kappa shape index (κ2) is 5.17. The molecule has 2 rings (SSSR count). The monoisotopic (exact) mass is 246 g/mol. The Morgan fingerprint density at radius 3 is 2.88 bits per heavy atom. The van der Waals surface area contributed by atoms with Gasteiger partial charge in [0.1, 0.15) is 16.7 Å². The number of hydrogen-bond acceptors (Lipinski definition) is 4. The van der Waals surface area contributed by atoms with Crippen LogP contribution < -0.4 is 5.32 Å². The van der Waals surface area contributed by atoms with E-state index < -0.39 is 0 Å². The minimum atomic E-state index is 0.422. The average molecular weight is 246 g/mol. The van der Waals surface area contributed by atoms with Gasteiger partial charge in [-0.3, -0.25) is 0 Å². The van der Waals surface area contributed by atoms with Crippen molar-refractivity contribution in [2.45, 2.75) is 26.4 Å². The summed E-state index contributed by atoms with van der Waals surface area (Å²) in [6.07, 6.45) is 1.69. The van der Waals surface area contributed by atoms with Crippen molar-refractivity contribution in [3.63, 3.8) is 0 Å². The molecule has 0 unspecified atom stereocenters. The van der Waals surface area contributed by atoms with Gasteiger partial charge in [0.05, 0.1) is 12.8 Å². The van der Waals surface area contributed by atoms with Crippen molar-refractivity contribution in [1.29, 1.82) is 5.26 Å². The standard InChI is InChI=1S/C13H14N2OS/c1-9(2)15-8-12-11(5-6-16-12)13-4-3-10(7-14)17-13/h3-6,9,15H,8H2,1-2H3. The van der Waals surface area contributed by atoms with Gasteiger partial charge < -0.3 is 9.73 Å². The minimum absolute atomic E-state index is 0.422. The van der Waals surface area contributed by atoms with Gasteiger partial charge in [0.2, 0.25) is 0 Å². The Hall–Kier alpha value is -1.57. The SMILES string of the molecule is CC(C)NCc1occc1-c1ccc(C#N)s1. The molecule has 0 aliphatic heterocycles. The summed E-state index contributed by atoms with van der Waals surface area (Å²) >= 11 is 1.49. The summed E-state index contributed by atoms with van der Waals surface area (Å²) in [5.74, 6) is 0.921. The summed E-state index contributed by atoms with van der Waals surface area (Å²) in [7, 11) is 0. The van der Waals surface area contributed by atoms with Crippen LogP contribution in [0.25, 0.3) is 10.4 Å². The summed E-state index contributed by atoms with van der Waals surface area (Å²) in [5.41, 5.74) is 1.07.